The first-order chi connectivity index (χ1) is 13.4. The summed E-state index contributed by atoms with van der Waals surface area (Å²) in [6.07, 6.45) is 1.45. The Morgan fingerprint density at radius 3 is 2.29 bits per heavy atom. The van der Waals surface area contributed by atoms with Gasteiger partial charge in [0.15, 0.2) is 5.76 Å². The predicted octanol–water partition coefficient (Wildman–Crippen LogP) is 2.35. The number of imide groups is 1. The van der Waals surface area contributed by atoms with Crippen LogP contribution in [0.1, 0.15) is 67.2 Å². The highest BCUT2D eigenvalue weighted by Gasteiger charge is 2.34. The molecular formula is C20H20N2O6. The lowest BCUT2D eigenvalue weighted by atomic mass is 10.1. The van der Waals surface area contributed by atoms with Crippen LogP contribution in [-0.4, -0.2) is 46.8 Å². The lowest BCUT2D eigenvalue weighted by molar-refractivity contribution is 0.0647. The van der Waals surface area contributed by atoms with Crippen molar-refractivity contribution >= 4 is 23.7 Å². The van der Waals surface area contributed by atoms with E-state index in [0.717, 1.165) is 0 Å². The minimum absolute atomic E-state index is 0.0155. The van der Waals surface area contributed by atoms with Crippen molar-refractivity contribution in [3.8, 4) is 0 Å². The van der Waals surface area contributed by atoms with E-state index < -0.39 is 11.9 Å². The molecular weight excluding hydrogens is 364 g/mol. The Kier molecular flexibility index (Phi) is 5.58. The smallest absolute Gasteiger partial charge is 0.339 e. The highest BCUT2D eigenvalue weighted by atomic mass is 16.4. The fourth-order valence-electron chi connectivity index (χ4n) is 3.11. The van der Waals surface area contributed by atoms with Crippen molar-refractivity contribution in [3.05, 3.63) is 58.5 Å². The molecule has 3 rings (SSSR count). The Morgan fingerprint density at radius 1 is 1.11 bits per heavy atom. The molecule has 8 heteroatoms. The maximum absolute atomic E-state index is 12.3. The molecule has 0 atom stereocenters. The maximum atomic E-state index is 12.3. The number of unbranched alkanes of at least 4 members (excludes halogenated alkanes) is 1. The number of carbonyl (C=O) groups is 4. The van der Waals surface area contributed by atoms with E-state index >= 15 is 0 Å². The molecule has 0 radical (unpaired) electrons. The Morgan fingerprint density at radius 2 is 1.75 bits per heavy atom. The van der Waals surface area contributed by atoms with Crippen LogP contribution in [-0.2, 0) is 6.42 Å². The van der Waals surface area contributed by atoms with Gasteiger partial charge >= 0.3 is 5.97 Å². The highest BCUT2D eigenvalue weighted by molar-refractivity contribution is 6.21. The lowest BCUT2D eigenvalue weighted by Crippen LogP contribution is -2.31. The van der Waals surface area contributed by atoms with Gasteiger partial charge in [-0.15, -0.1) is 0 Å². The molecule has 0 bridgehead atoms. The molecule has 146 valence electrons. The summed E-state index contributed by atoms with van der Waals surface area (Å²) in [6, 6.07) is 7.92. The number of amides is 3. The molecule has 0 aliphatic carbocycles. The fraction of sp³-hybridized carbons (Fsp3) is 0.300. The lowest BCUT2D eigenvalue weighted by Gasteiger charge is -2.13. The zero-order valence-corrected chi connectivity index (χ0v) is 15.4. The van der Waals surface area contributed by atoms with Crippen molar-refractivity contribution < 1.29 is 28.7 Å². The number of carboxylic acids is 1. The SMILES string of the molecule is CCc1oc(C(=O)NCCCCN2C(=O)c3ccccc3C2=O)cc1C(=O)O. The average Bonchev–Trinajstić information content (AvgIpc) is 3.23. The van der Waals surface area contributed by atoms with Gasteiger partial charge < -0.3 is 14.8 Å². The first-order valence-electron chi connectivity index (χ1n) is 9.03. The average molecular weight is 384 g/mol. The number of furan rings is 1. The third-order valence-corrected chi connectivity index (χ3v) is 4.56. The number of aromatic carboxylic acids is 1. The van der Waals surface area contributed by atoms with Crippen LogP contribution in [0.3, 0.4) is 0 Å². The van der Waals surface area contributed by atoms with Gasteiger partial charge in [0.25, 0.3) is 17.7 Å². The first-order valence-corrected chi connectivity index (χ1v) is 9.03. The number of fused-ring (bicyclic) bond motifs is 1. The Balaban J connectivity index is 1.47. The van der Waals surface area contributed by atoms with Crippen LogP contribution in [0.25, 0.3) is 0 Å². The summed E-state index contributed by atoms with van der Waals surface area (Å²) in [4.78, 5) is 49.0. The predicted molar refractivity (Wildman–Crippen MR) is 98.4 cm³/mol. The second kappa shape index (κ2) is 8.08. The van der Waals surface area contributed by atoms with Crippen molar-refractivity contribution in [2.45, 2.75) is 26.2 Å². The van der Waals surface area contributed by atoms with Crippen molar-refractivity contribution in [1.29, 1.82) is 0 Å². The van der Waals surface area contributed by atoms with Crippen LogP contribution in [0.5, 0.6) is 0 Å². The van der Waals surface area contributed by atoms with E-state index in [1.807, 2.05) is 0 Å². The number of carbonyl (C=O) groups excluding carboxylic acids is 3. The normalized spacial score (nSPS) is 13.0. The van der Waals surface area contributed by atoms with Gasteiger partial charge in [-0.3, -0.25) is 19.3 Å². The zero-order valence-electron chi connectivity index (χ0n) is 15.4. The fourth-order valence-corrected chi connectivity index (χ4v) is 3.11. The van der Waals surface area contributed by atoms with E-state index in [1.54, 1.807) is 31.2 Å². The van der Waals surface area contributed by atoms with Crippen molar-refractivity contribution in [2.24, 2.45) is 0 Å². The molecule has 28 heavy (non-hydrogen) atoms. The number of hydrogen-bond donors (Lipinski definition) is 2. The van der Waals surface area contributed by atoms with Gasteiger partial charge in [-0.2, -0.15) is 0 Å². The van der Waals surface area contributed by atoms with Crippen LogP contribution in [0.15, 0.2) is 34.7 Å². The van der Waals surface area contributed by atoms with Crippen LogP contribution in [0.2, 0.25) is 0 Å². The van der Waals surface area contributed by atoms with Gasteiger partial charge in [-0.25, -0.2) is 4.79 Å². The standard InChI is InChI=1S/C20H20N2O6/c1-2-15-14(20(26)27)11-16(28-15)17(23)21-9-5-6-10-22-18(24)12-7-3-4-8-13(12)19(22)25/h3-4,7-8,11H,2,5-6,9-10H2,1H3,(H,21,23)(H,26,27). The van der Waals surface area contributed by atoms with Gasteiger partial charge in [0, 0.05) is 25.6 Å². The first kappa shape index (κ1) is 19.3. The molecule has 1 aromatic heterocycles. The largest absolute Gasteiger partial charge is 0.478 e. The second-order valence-electron chi connectivity index (χ2n) is 6.38. The summed E-state index contributed by atoms with van der Waals surface area (Å²) in [5.41, 5.74) is 0.817. The van der Waals surface area contributed by atoms with Gasteiger partial charge in [0.1, 0.15) is 11.3 Å². The van der Waals surface area contributed by atoms with E-state index in [2.05, 4.69) is 5.32 Å². The molecule has 1 aliphatic heterocycles. The molecule has 0 spiro atoms. The molecule has 0 saturated carbocycles. The number of aryl methyl sites for hydroxylation is 1. The third-order valence-electron chi connectivity index (χ3n) is 4.56. The number of nitrogens with one attached hydrogen (secondary N) is 1. The maximum Gasteiger partial charge on any atom is 0.339 e. The van der Waals surface area contributed by atoms with Crippen LogP contribution < -0.4 is 5.32 Å². The third kappa shape index (κ3) is 3.66. The topological polar surface area (TPSA) is 117 Å². The number of rotatable bonds is 8. The highest BCUT2D eigenvalue weighted by Crippen LogP contribution is 2.22. The van der Waals surface area contributed by atoms with Gasteiger partial charge in [0.2, 0.25) is 0 Å². The van der Waals surface area contributed by atoms with Gasteiger partial charge in [0.05, 0.1) is 11.1 Å². The molecule has 2 heterocycles. The molecule has 0 fully saturated rings. The molecule has 8 nitrogen and oxygen atoms in total. The monoisotopic (exact) mass is 384 g/mol. The molecule has 1 aliphatic rings. The number of carboxylic acid groups (broad SMARTS) is 1. The minimum Gasteiger partial charge on any atom is -0.478 e. The molecule has 2 aromatic rings. The summed E-state index contributed by atoms with van der Waals surface area (Å²) < 4.78 is 5.30. The van der Waals surface area contributed by atoms with Crippen LogP contribution >= 0.6 is 0 Å². The summed E-state index contributed by atoms with van der Waals surface area (Å²) in [5.74, 6) is -2.02. The summed E-state index contributed by atoms with van der Waals surface area (Å²) >= 11 is 0. The van der Waals surface area contributed by atoms with E-state index in [-0.39, 0.29) is 35.4 Å². The number of benzene rings is 1. The summed E-state index contributed by atoms with van der Waals surface area (Å²) in [6.45, 7) is 2.32. The second-order valence-corrected chi connectivity index (χ2v) is 6.38. The molecule has 0 unspecified atom stereocenters. The summed E-state index contributed by atoms with van der Waals surface area (Å²) in [5, 5.41) is 11.8. The molecule has 0 saturated heterocycles. The Hall–Kier alpha value is -3.42. The van der Waals surface area contributed by atoms with Crippen LogP contribution in [0, 0.1) is 0 Å². The minimum atomic E-state index is -1.14. The van der Waals surface area contributed by atoms with Crippen LogP contribution in [0.4, 0.5) is 0 Å². The van der Waals surface area contributed by atoms with E-state index in [0.29, 0.717) is 36.9 Å². The Labute approximate surface area is 161 Å². The quantitative estimate of drug-likeness (QED) is 0.533. The molecule has 3 amide bonds. The molecule has 1 aromatic carbocycles. The van der Waals surface area contributed by atoms with E-state index in [9.17, 15) is 19.2 Å². The van der Waals surface area contributed by atoms with Crippen molar-refractivity contribution in [3.63, 3.8) is 0 Å². The van der Waals surface area contributed by atoms with Crippen molar-refractivity contribution in [2.75, 3.05) is 13.1 Å². The molecule has 2 N–H and O–H groups in total. The van der Waals surface area contributed by atoms with E-state index in [1.165, 1.54) is 11.0 Å². The van der Waals surface area contributed by atoms with E-state index in [4.69, 9.17) is 9.52 Å². The van der Waals surface area contributed by atoms with Crippen molar-refractivity contribution in [1.82, 2.24) is 10.2 Å². The number of nitrogens with zero attached hydrogens (tertiary/aromatic N) is 1. The van der Waals surface area contributed by atoms with Gasteiger partial charge in [-0.1, -0.05) is 19.1 Å². The number of hydrogen-bond acceptors (Lipinski definition) is 5. The summed E-state index contributed by atoms with van der Waals surface area (Å²) in [7, 11) is 0. The zero-order chi connectivity index (χ0) is 20.3. The van der Waals surface area contributed by atoms with Gasteiger partial charge in [-0.05, 0) is 25.0 Å². The Bertz CT molecular complexity index is 911.